The predicted octanol–water partition coefficient (Wildman–Crippen LogP) is 5.11. The zero-order valence-corrected chi connectivity index (χ0v) is 23.8. The van der Waals surface area contributed by atoms with Crippen LogP contribution in [0.25, 0.3) is 22.0 Å². The van der Waals surface area contributed by atoms with E-state index in [1.165, 1.54) is 0 Å². The molecule has 6 rings (SSSR count). The summed E-state index contributed by atoms with van der Waals surface area (Å²) in [6.07, 6.45) is 0.693. The summed E-state index contributed by atoms with van der Waals surface area (Å²) in [4.78, 5) is 27.3. The summed E-state index contributed by atoms with van der Waals surface area (Å²) >= 11 is 0. The molecule has 0 radical (unpaired) electrons. The number of aliphatic imine (C=N–C) groups is 1. The molecule has 5 heterocycles. The first-order chi connectivity index (χ1) is 19.2. The van der Waals surface area contributed by atoms with Crippen molar-refractivity contribution in [3.8, 4) is 16.9 Å². The van der Waals surface area contributed by atoms with Gasteiger partial charge >= 0.3 is 0 Å². The Morgan fingerprint density at radius 3 is 2.52 bits per heavy atom. The lowest BCUT2D eigenvalue weighted by Crippen LogP contribution is -2.40. The van der Waals surface area contributed by atoms with E-state index in [2.05, 4.69) is 40.4 Å². The normalized spacial score (nSPS) is 17.8. The molecule has 2 aliphatic heterocycles. The van der Waals surface area contributed by atoms with Crippen LogP contribution in [0.5, 0.6) is 5.75 Å². The van der Waals surface area contributed by atoms with E-state index in [0.29, 0.717) is 37.4 Å². The number of anilines is 1. The Bertz CT molecular complexity index is 1610. The van der Waals surface area contributed by atoms with Crippen LogP contribution < -0.4 is 10.1 Å². The summed E-state index contributed by atoms with van der Waals surface area (Å²) in [7, 11) is 1.66. The van der Waals surface area contributed by atoms with Crippen molar-refractivity contribution in [2.75, 3.05) is 25.5 Å². The van der Waals surface area contributed by atoms with Crippen molar-refractivity contribution in [2.24, 2.45) is 4.99 Å². The maximum absolute atomic E-state index is 13.5. The van der Waals surface area contributed by atoms with Crippen molar-refractivity contribution in [3.63, 3.8) is 0 Å². The molecule has 10 nitrogen and oxygen atoms in total. The molecule has 1 unspecified atom stereocenters. The van der Waals surface area contributed by atoms with Gasteiger partial charge in [-0.05, 0) is 57.7 Å². The third kappa shape index (κ3) is 4.27. The third-order valence-corrected chi connectivity index (χ3v) is 8.00. The molecule has 0 spiro atoms. The van der Waals surface area contributed by atoms with E-state index in [-0.39, 0.29) is 24.1 Å². The van der Waals surface area contributed by atoms with Gasteiger partial charge in [0.05, 0.1) is 35.7 Å². The molecule has 0 saturated carbocycles. The number of aromatic nitrogens is 3. The molecule has 0 bridgehead atoms. The number of hydrogen-bond acceptors (Lipinski definition) is 7. The second-order valence-electron chi connectivity index (χ2n) is 11.2. The van der Waals surface area contributed by atoms with Crippen LogP contribution in [-0.4, -0.2) is 69.2 Å². The number of aryl methyl sites for hydroxylation is 2. The lowest BCUT2D eigenvalue weighted by atomic mass is 9.94. The summed E-state index contributed by atoms with van der Waals surface area (Å²) in [5.41, 5.74) is 7.75. The number of H-pyrrole nitrogens is 2. The van der Waals surface area contributed by atoms with Gasteiger partial charge in [-0.3, -0.25) is 9.79 Å². The Labute approximate surface area is 232 Å². The number of hydrogen-bond donors (Lipinski definition) is 4. The van der Waals surface area contributed by atoms with E-state index in [4.69, 9.17) is 14.3 Å². The number of piperidine rings is 1. The molecule has 0 aliphatic carbocycles. The minimum atomic E-state index is -0.338. The van der Waals surface area contributed by atoms with Crippen LogP contribution in [0.1, 0.15) is 78.3 Å². The highest BCUT2D eigenvalue weighted by Crippen LogP contribution is 2.42. The van der Waals surface area contributed by atoms with Crippen molar-refractivity contribution in [1.29, 1.82) is 0 Å². The number of nitrogens with zero attached hydrogens (tertiary/aromatic N) is 3. The maximum atomic E-state index is 13.5. The van der Waals surface area contributed by atoms with Gasteiger partial charge in [-0.1, -0.05) is 19.0 Å². The Morgan fingerprint density at radius 1 is 1.12 bits per heavy atom. The van der Waals surface area contributed by atoms with Gasteiger partial charge in [0.1, 0.15) is 29.2 Å². The molecule has 2 aliphatic rings. The van der Waals surface area contributed by atoms with Crippen LogP contribution in [0, 0.1) is 13.8 Å². The summed E-state index contributed by atoms with van der Waals surface area (Å²) in [5, 5.41) is 18.5. The highest BCUT2D eigenvalue weighted by Gasteiger charge is 2.31. The lowest BCUT2D eigenvalue weighted by Gasteiger charge is -2.29. The van der Waals surface area contributed by atoms with Crippen LogP contribution in [-0.2, 0) is 0 Å². The number of ether oxygens (including phenoxy) is 1. The number of aliphatic hydroxyl groups excluding tert-OH is 1. The number of carbonyl (C=O) groups is 1. The fourth-order valence-corrected chi connectivity index (χ4v) is 5.99. The summed E-state index contributed by atoms with van der Waals surface area (Å²) in [5.74, 6) is 2.41. The molecule has 1 atom stereocenters. The molecule has 40 heavy (non-hydrogen) atoms. The number of benzene rings is 1. The van der Waals surface area contributed by atoms with E-state index in [9.17, 15) is 9.90 Å². The average Bonchev–Trinajstić information content (AvgIpc) is 3.62. The lowest BCUT2D eigenvalue weighted by molar-refractivity contribution is 0.0542. The number of likely N-dealkylation sites (tertiary alicyclic amines) is 1. The average molecular weight is 545 g/mol. The molecule has 4 aromatic rings. The molecular weight excluding hydrogens is 508 g/mol. The van der Waals surface area contributed by atoms with Gasteiger partial charge in [0.25, 0.3) is 5.91 Å². The molecule has 3 aromatic heterocycles. The third-order valence-electron chi connectivity index (χ3n) is 8.00. The first kappa shape index (κ1) is 26.2. The molecule has 1 amide bonds. The van der Waals surface area contributed by atoms with E-state index in [0.717, 1.165) is 61.8 Å². The van der Waals surface area contributed by atoms with E-state index < -0.39 is 0 Å². The van der Waals surface area contributed by atoms with E-state index in [1.807, 2.05) is 37.8 Å². The van der Waals surface area contributed by atoms with Crippen molar-refractivity contribution in [1.82, 2.24) is 20.0 Å². The summed E-state index contributed by atoms with van der Waals surface area (Å²) < 4.78 is 11.3. The van der Waals surface area contributed by atoms with Crippen LogP contribution >= 0.6 is 0 Å². The molecule has 10 heteroatoms. The highest BCUT2D eigenvalue weighted by atomic mass is 16.5. The minimum Gasteiger partial charge on any atom is -0.496 e. The van der Waals surface area contributed by atoms with Gasteiger partial charge in [-0.25, -0.2) is 0 Å². The maximum Gasteiger partial charge on any atom is 0.270 e. The Hall–Kier alpha value is -4.05. The van der Waals surface area contributed by atoms with Gasteiger partial charge in [0.15, 0.2) is 0 Å². The molecule has 1 fully saturated rings. The predicted molar refractivity (Wildman–Crippen MR) is 155 cm³/mol. The molecule has 4 N–H and O–H groups in total. The quantitative estimate of drug-likeness (QED) is 0.276. The van der Waals surface area contributed by atoms with E-state index >= 15 is 0 Å². The Kier molecular flexibility index (Phi) is 6.45. The second kappa shape index (κ2) is 9.85. The molecule has 210 valence electrons. The number of carbonyl (C=O) groups excluding carboxylic acids is 1. The van der Waals surface area contributed by atoms with Crippen LogP contribution in [0.4, 0.5) is 5.82 Å². The van der Waals surface area contributed by atoms with Crippen LogP contribution in [0.2, 0.25) is 0 Å². The number of nitrogens with one attached hydrogen (secondary N) is 3. The van der Waals surface area contributed by atoms with Gasteiger partial charge in [-0.15, -0.1) is 0 Å². The number of methoxy groups -OCH3 is 1. The standard InChI is InChI=1S/C30H36N6O4/c1-14(2)27-21(12-23(33-27)30(38)36-9-7-18(37)8-10-36)28-26-19-13-24(39-6)20(25-15(3)35-40-16(25)4)11-22(19)34-29(26)32-17(5)31-28/h11-14,17-18,32-34,37H,7-10H2,1-6H3. The smallest absolute Gasteiger partial charge is 0.270 e. The molecule has 1 saturated heterocycles. The number of rotatable bonds is 5. The van der Waals surface area contributed by atoms with Crippen molar-refractivity contribution < 1.29 is 19.2 Å². The van der Waals surface area contributed by atoms with Gasteiger partial charge in [0, 0.05) is 40.8 Å². The first-order valence-electron chi connectivity index (χ1n) is 13.9. The van der Waals surface area contributed by atoms with Gasteiger partial charge in [-0.2, -0.15) is 0 Å². The van der Waals surface area contributed by atoms with Crippen LogP contribution in [0.15, 0.2) is 27.7 Å². The number of aliphatic hydroxyl groups is 1. The van der Waals surface area contributed by atoms with Crippen molar-refractivity contribution in [3.05, 3.63) is 52.2 Å². The van der Waals surface area contributed by atoms with Gasteiger partial charge < -0.3 is 34.6 Å². The van der Waals surface area contributed by atoms with Gasteiger partial charge in [0.2, 0.25) is 0 Å². The fraction of sp³-hybridized carbons (Fsp3) is 0.433. The zero-order valence-electron chi connectivity index (χ0n) is 23.8. The zero-order chi connectivity index (χ0) is 28.3. The van der Waals surface area contributed by atoms with Crippen LogP contribution in [0.3, 0.4) is 0 Å². The summed E-state index contributed by atoms with van der Waals surface area (Å²) in [6.45, 7) is 11.2. The monoisotopic (exact) mass is 544 g/mol. The summed E-state index contributed by atoms with van der Waals surface area (Å²) in [6, 6.07) is 6.05. The van der Waals surface area contributed by atoms with Crippen molar-refractivity contribution >= 4 is 28.3 Å². The highest BCUT2D eigenvalue weighted by molar-refractivity contribution is 6.25. The molecular formula is C30H36N6O4. The number of fused-ring (bicyclic) bond motifs is 3. The fourth-order valence-electron chi connectivity index (χ4n) is 5.99. The minimum absolute atomic E-state index is 0.0486. The molecule has 1 aromatic carbocycles. The largest absolute Gasteiger partial charge is 0.496 e. The number of amides is 1. The Morgan fingerprint density at radius 2 is 1.88 bits per heavy atom. The second-order valence-corrected chi connectivity index (χ2v) is 11.2. The number of aromatic amines is 2. The van der Waals surface area contributed by atoms with E-state index in [1.54, 1.807) is 7.11 Å². The SMILES string of the molecule is COc1cc2c3c([nH]c2cc1-c1c(C)noc1C)NC(C)N=C3c1cc(C(=O)N2CCC(O)CC2)[nH]c1C(C)C. The first-order valence-corrected chi connectivity index (χ1v) is 13.9. The van der Waals surface area contributed by atoms with Crippen molar-refractivity contribution in [2.45, 2.75) is 65.6 Å². The topological polar surface area (TPSA) is 132 Å². The Balaban J connectivity index is 1.48.